The van der Waals surface area contributed by atoms with Gasteiger partial charge in [-0.3, -0.25) is 5.10 Å². The molecular weight excluding hydrogens is 325 g/mol. The molecule has 9 heteroatoms. The van der Waals surface area contributed by atoms with Gasteiger partial charge >= 0.3 is 0 Å². The molecule has 0 spiro atoms. The molecule has 1 aliphatic rings. The molecule has 0 aromatic carbocycles. The standard InChI is InChI=1S/C16H20FN7O/c1-9-7-12(22-21-9)19-13-8-18-14-15(17)23-24(16(14)20-13)10(2)11-3-5-25-6-4-11/h7-8,10-11H,3-6H2,1-2H3,(H2,19,20,21,22)/t10-/m0/s1. The van der Waals surface area contributed by atoms with E-state index in [1.54, 1.807) is 4.68 Å². The minimum atomic E-state index is -0.594. The number of aryl methyl sites for hydroxylation is 1. The smallest absolute Gasteiger partial charge is 0.260 e. The number of rotatable bonds is 4. The van der Waals surface area contributed by atoms with Gasteiger partial charge in [0.05, 0.1) is 12.2 Å². The van der Waals surface area contributed by atoms with E-state index in [0.29, 0.717) is 23.2 Å². The zero-order chi connectivity index (χ0) is 17.4. The summed E-state index contributed by atoms with van der Waals surface area (Å²) in [5.41, 5.74) is 1.55. The minimum absolute atomic E-state index is 0.0214. The second-order valence-electron chi connectivity index (χ2n) is 6.41. The average Bonchev–Trinajstić information content (AvgIpc) is 3.18. The maximum atomic E-state index is 14.2. The number of halogens is 1. The van der Waals surface area contributed by atoms with E-state index in [4.69, 9.17) is 4.74 Å². The van der Waals surface area contributed by atoms with Crippen LogP contribution in [0, 0.1) is 18.8 Å². The molecule has 1 saturated heterocycles. The molecule has 8 nitrogen and oxygen atoms in total. The van der Waals surface area contributed by atoms with Gasteiger partial charge in [-0.1, -0.05) is 0 Å². The highest BCUT2D eigenvalue weighted by molar-refractivity contribution is 5.72. The van der Waals surface area contributed by atoms with Crippen LogP contribution < -0.4 is 5.32 Å². The molecule has 0 radical (unpaired) electrons. The van der Waals surface area contributed by atoms with Gasteiger partial charge < -0.3 is 10.1 Å². The van der Waals surface area contributed by atoms with Gasteiger partial charge in [-0.15, -0.1) is 5.10 Å². The van der Waals surface area contributed by atoms with E-state index >= 15 is 0 Å². The molecule has 0 amide bonds. The summed E-state index contributed by atoms with van der Waals surface area (Å²) in [6.07, 6.45) is 3.35. The zero-order valence-electron chi connectivity index (χ0n) is 14.2. The topological polar surface area (TPSA) is 93.5 Å². The highest BCUT2D eigenvalue weighted by Gasteiger charge is 2.26. The van der Waals surface area contributed by atoms with Crippen molar-refractivity contribution in [1.29, 1.82) is 0 Å². The van der Waals surface area contributed by atoms with Crippen molar-refractivity contribution in [3.63, 3.8) is 0 Å². The summed E-state index contributed by atoms with van der Waals surface area (Å²) in [7, 11) is 0. The molecule has 0 unspecified atom stereocenters. The molecule has 0 saturated carbocycles. The van der Waals surface area contributed by atoms with Crippen LogP contribution >= 0.6 is 0 Å². The number of aromatic nitrogens is 6. The van der Waals surface area contributed by atoms with Crippen molar-refractivity contribution in [3.05, 3.63) is 23.9 Å². The Morgan fingerprint density at radius 2 is 2.16 bits per heavy atom. The normalized spacial score (nSPS) is 17.1. The Labute approximate surface area is 143 Å². The number of ether oxygens (including phenoxy) is 1. The Kier molecular flexibility index (Phi) is 4.08. The SMILES string of the molecule is Cc1cc(Nc2cnc3c(F)nn([C@@H](C)C4CCOCC4)c3n2)n[nH]1. The molecule has 25 heavy (non-hydrogen) atoms. The second kappa shape index (κ2) is 6.40. The largest absolute Gasteiger partial charge is 0.381 e. The summed E-state index contributed by atoms with van der Waals surface area (Å²) in [6, 6.07) is 1.88. The molecule has 1 aliphatic heterocycles. The van der Waals surface area contributed by atoms with Crippen LogP contribution in [0.25, 0.3) is 11.2 Å². The number of hydrogen-bond donors (Lipinski definition) is 2. The third-order valence-corrected chi connectivity index (χ3v) is 4.66. The number of hydrogen-bond acceptors (Lipinski definition) is 6. The van der Waals surface area contributed by atoms with E-state index in [1.165, 1.54) is 6.20 Å². The Balaban J connectivity index is 1.67. The van der Waals surface area contributed by atoms with Gasteiger partial charge in [0.2, 0.25) is 0 Å². The third kappa shape index (κ3) is 3.07. The van der Waals surface area contributed by atoms with Crippen LogP contribution in [-0.2, 0) is 4.74 Å². The van der Waals surface area contributed by atoms with E-state index in [1.807, 2.05) is 19.9 Å². The summed E-state index contributed by atoms with van der Waals surface area (Å²) in [5, 5.41) is 14.1. The number of aromatic amines is 1. The lowest BCUT2D eigenvalue weighted by Crippen LogP contribution is -2.25. The predicted molar refractivity (Wildman–Crippen MR) is 90.1 cm³/mol. The van der Waals surface area contributed by atoms with E-state index in [0.717, 1.165) is 31.7 Å². The maximum Gasteiger partial charge on any atom is 0.260 e. The number of nitrogens with zero attached hydrogens (tertiary/aromatic N) is 5. The molecule has 132 valence electrons. The third-order valence-electron chi connectivity index (χ3n) is 4.66. The first-order valence-corrected chi connectivity index (χ1v) is 8.39. The summed E-state index contributed by atoms with van der Waals surface area (Å²) in [5.74, 6) is 0.918. The van der Waals surface area contributed by atoms with Crippen LogP contribution in [0.15, 0.2) is 12.3 Å². The van der Waals surface area contributed by atoms with Crippen molar-refractivity contribution in [2.45, 2.75) is 32.7 Å². The van der Waals surface area contributed by atoms with Crippen molar-refractivity contribution in [3.8, 4) is 0 Å². The van der Waals surface area contributed by atoms with E-state index < -0.39 is 5.95 Å². The fraction of sp³-hybridized carbons (Fsp3) is 0.500. The van der Waals surface area contributed by atoms with Crippen molar-refractivity contribution < 1.29 is 9.13 Å². The highest BCUT2D eigenvalue weighted by atomic mass is 19.1. The van der Waals surface area contributed by atoms with Crippen LogP contribution in [-0.4, -0.2) is 43.2 Å². The van der Waals surface area contributed by atoms with Crippen molar-refractivity contribution in [2.24, 2.45) is 5.92 Å². The quantitative estimate of drug-likeness (QED) is 0.755. The van der Waals surface area contributed by atoms with Gasteiger partial charge in [-0.2, -0.15) is 9.49 Å². The van der Waals surface area contributed by atoms with E-state index in [2.05, 4.69) is 30.6 Å². The van der Waals surface area contributed by atoms with Crippen LogP contribution in [0.5, 0.6) is 0 Å². The summed E-state index contributed by atoms with van der Waals surface area (Å²) >= 11 is 0. The van der Waals surface area contributed by atoms with E-state index in [9.17, 15) is 4.39 Å². The first-order valence-electron chi connectivity index (χ1n) is 8.39. The monoisotopic (exact) mass is 345 g/mol. The first kappa shape index (κ1) is 15.9. The molecule has 3 aromatic heterocycles. The number of fused-ring (bicyclic) bond motifs is 1. The van der Waals surface area contributed by atoms with Gasteiger partial charge in [-0.05, 0) is 32.6 Å². The zero-order valence-corrected chi connectivity index (χ0v) is 14.2. The molecular formula is C16H20FN7O. The predicted octanol–water partition coefficient (Wildman–Crippen LogP) is 2.73. The van der Waals surface area contributed by atoms with E-state index in [-0.39, 0.29) is 11.6 Å². The minimum Gasteiger partial charge on any atom is -0.381 e. The molecule has 0 aliphatic carbocycles. The van der Waals surface area contributed by atoms with Crippen molar-refractivity contribution in [1.82, 2.24) is 29.9 Å². The fourth-order valence-corrected chi connectivity index (χ4v) is 3.23. The molecule has 4 heterocycles. The molecule has 3 aromatic rings. The number of nitrogens with one attached hydrogen (secondary N) is 2. The lowest BCUT2D eigenvalue weighted by Gasteiger charge is -2.27. The number of H-pyrrole nitrogens is 1. The molecule has 1 atom stereocenters. The van der Waals surface area contributed by atoms with Crippen LogP contribution in [0.3, 0.4) is 0 Å². The van der Waals surface area contributed by atoms with Gasteiger partial charge in [0.1, 0.15) is 0 Å². The molecule has 1 fully saturated rings. The van der Waals surface area contributed by atoms with Crippen LogP contribution in [0.2, 0.25) is 0 Å². The van der Waals surface area contributed by atoms with Gasteiger partial charge in [0, 0.05) is 25.0 Å². The number of anilines is 2. The Bertz CT molecular complexity index is 884. The molecule has 0 bridgehead atoms. The molecule has 2 N–H and O–H groups in total. The summed E-state index contributed by atoms with van der Waals surface area (Å²) in [4.78, 5) is 8.70. The van der Waals surface area contributed by atoms with Crippen molar-refractivity contribution in [2.75, 3.05) is 18.5 Å². The Morgan fingerprint density at radius 1 is 1.36 bits per heavy atom. The average molecular weight is 345 g/mol. The second-order valence-corrected chi connectivity index (χ2v) is 6.41. The van der Waals surface area contributed by atoms with Crippen molar-refractivity contribution >= 4 is 22.8 Å². The van der Waals surface area contributed by atoms with Gasteiger partial charge in [0.15, 0.2) is 22.8 Å². The molecule has 4 rings (SSSR count). The van der Waals surface area contributed by atoms with Crippen LogP contribution in [0.4, 0.5) is 16.0 Å². The Morgan fingerprint density at radius 3 is 2.88 bits per heavy atom. The maximum absolute atomic E-state index is 14.2. The fourth-order valence-electron chi connectivity index (χ4n) is 3.23. The summed E-state index contributed by atoms with van der Waals surface area (Å²) < 4.78 is 21.3. The van der Waals surface area contributed by atoms with Crippen LogP contribution in [0.1, 0.15) is 31.5 Å². The Hall–Kier alpha value is -2.55. The lowest BCUT2D eigenvalue weighted by atomic mass is 9.93. The lowest BCUT2D eigenvalue weighted by molar-refractivity contribution is 0.0499. The first-order chi connectivity index (χ1) is 12.1. The van der Waals surface area contributed by atoms with Gasteiger partial charge in [0.25, 0.3) is 5.95 Å². The summed E-state index contributed by atoms with van der Waals surface area (Å²) in [6.45, 7) is 5.41. The van der Waals surface area contributed by atoms with Gasteiger partial charge in [-0.25, -0.2) is 14.6 Å². The highest BCUT2D eigenvalue weighted by Crippen LogP contribution is 2.30.